The molecule has 1 aliphatic carbocycles. The Labute approximate surface area is 122 Å². The van der Waals surface area contributed by atoms with E-state index in [2.05, 4.69) is 28.9 Å². The van der Waals surface area contributed by atoms with Gasteiger partial charge >= 0.3 is 0 Å². The first-order valence-corrected chi connectivity index (χ1v) is 7.93. The molecule has 20 heavy (non-hydrogen) atoms. The van der Waals surface area contributed by atoms with Crippen LogP contribution in [0.25, 0.3) is 0 Å². The van der Waals surface area contributed by atoms with Gasteiger partial charge in [0.05, 0.1) is 0 Å². The number of fused-ring (bicyclic) bond motifs is 1. The van der Waals surface area contributed by atoms with Gasteiger partial charge in [-0.2, -0.15) is 0 Å². The zero-order valence-electron chi connectivity index (χ0n) is 13.0. The van der Waals surface area contributed by atoms with Crippen LogP contribution in [0.2, 0.25) is 0 Å². The molecule has 0 saturated carbocycles. The summed E-state index contributed by atoms with van der Waals surface area (Å²) in [5, 5.41) is 0. The van der Waals surface area contributed by atoms with Crippen molar-refractivity contribution in [3.8, 4) is 0 Å². The van der Waals surface area contributed by atoms with Crippen LogP contribution in [-0.4, -0.2) is 48.1 Å². The van der Waals surface area contributed by atoms with Crippen LogP contribution in [0.4, 0.5) is 5.82 Å². The highest BCUT2D eigenvalue weighted by Gasteiger charge is 2.26. The highest BCUT2D eigenvalue weighted by molar-refractivity contribution is 5.50. The molecule has 1 aliphatic heterocycles. The van der Waals surface area contributed by atoms with Crippen molar-refractivity contribution in [1.82, 2.24) is 14.9 Å². The van der Waals surface area contributed by atoms with Crippen LogP contribution in [0.15, 0.2) is 0 Å². The quantitative estimate of drug-likeness (QED) is 0.827. The van der Waals surface area contributed by atoms with Crippen LogP contribution in [0.3, 0.4) is 0 Å². The van der Waals surface area contributed by atoms with E-state index in [1.165, 1.54) is 49.3 Å². The molecule has 1 aromatic heterocycles. The van der Waals surface area contributed by atoms with Crippen LogP contribution in [0.5, 0.6) is 0 Å². The number of likely N-dealkylation sites (tertiary alicyclic amines) is 1. The first-order chi connectivity index (χ1) is 9.65. The Morgan fingerprint density at radius 1 is 1.15 bits per heavy atom. The molecule has 0 N–H and O–H groups in total. The van der Waals surface area contributed by atoms with E-state index in [9.17, 15) is 0 Å². The third-order valence-electron chi connectivity index (χ3n) is 4.75. The van der Waals surface area contributed by atoms with Gasteiger partial charge < -0.3 is 9.80 Å². The Morgan fingerprint density at radius 2 is 1.95 bits per heavy atom. The maximum atomic E-state index is 4.78. The van der Waals surface area contributed by atoms with E-state index < -0.39 is 0 Å². The smallest absolute Gasteiger partial charge is 0.135 e. The Balaban J connectivity index is 1.90. The molecule has 1 atom stereocenters. The standard InChI is InChI=1S/C16H26N4/c1-12-17-15-9-5-4-8-14(15)16(18-12)20(3)13-7-6-10-19(2)11-13/h13H,4-11H2,1-3H3. The zero-order valence-corrected chi connectivity index (χ0v) is 13.0. The minimum absolute atomic E-state index is 0.592. The van der Waals surface area contributed by atoms with Crippen LogP contribution in [0, 0.1) is 6.92 Å². The van der Waals surface area contributed by atoms with E-state index in [4.69, 9.17) is 4.98 Å². The largest absolute Gasteiger partial charge is 0.355 e. The van der Waals surface area contributed by atoms with Gasteiger partial charge in [0, 0.05) is 30.9 Å². The van der Waals surface area contributed by atoms with Gasteiger partial charge in [-0.25, -0.2) is 9.97 Å². The Morgan fingerprint density at radius 3 is 2.75 bits per heavy atom. The van der Waals surface area contributed by atoms with Gasteiger partial charge in [-0.05, 0) is 59.0 Å². The van der Waals surface area contributed by atoms with Gasteiger partial charge in [0.25, 0.3) is 0 Å². The minimum atomic E-state index is 0.592. The number of nitrogens with zero attached hydrogens (tertiary/aromatic N) is 4. The number of anilines is 1. The predicted molar refractivity (Wildman–Crippen MR) is 82.3 cm³/mol. The van der Waals surface area contributed by atoms with Gasteiger partial charge in [0.1, 0.15) is 11.6 Å². The molecule has 4 nitrogen and oxygen atoms in total. The molecule has 1 saturated heterocycles. The van der Waals surface area contributed by atoms with E-state index in [1.54, 1.807) is 0 Å². The third-order valence-corrected chi connectivity index (χ3v) is 4.75. The summed E-state index contributed by atoms with van der Waals surface area (Å²) in [6.45, 7) is 4.40. The monoisotopic (exact) mass is 274 g/mol. The molecular weight excluding hydrogens is 248 g/mol. The Hall–Kier alpha value is -1.16. The van der Waals surface area contributed by atoms with Crippen molar-refractivity contribution < 1.29 is 0 Å². The van der Waals surface area contributed by atoms with E-state index in [0.717, 1.165) is 25.2 Å². The van der Waals surface area contributed by atoms with E-state index in [0.29, 0.717) is 6.04 Å². The number of piperidine rings is 1. The second kappa shape index (κ2) is 5.68. The SMILES string of the molecule is Cc1nc2c(c(N(C)C3CCCN(C)C3)n1)CCCC2. The lowest BCUT2D eigenvalue weighted by atomic mass is 9.95. The Bertz CT molecular complexity index is 486. The van der Waals surface area contributed by atoms with Crippen molar-refractivity contribution in [3.63, 3.8) is 0 Å². The van der Waals surface area contributed by atoms with Crippen molar-refractivity contribution in [2.24, 2.45) is 0 Å². The number of hydrogen-bond donors (Lipinski definition) is 0. The van der Waals surface area contributed by atoms with Crippen LogP contribution < -0.4 is 4.90 Å². The van der Waals surface area contributed by atoms with Crippen LogP contribution >= 0.6 is 0 Å². The number of aryl methyl sites for hydroxylation is 2. The van der Waals surface area contributed by atoms with Gasteiger partial charge in [-0.3, -0.25) is 0 Å². The van der Waals surface area contributed by atoms with Crippen LogP contribution in [0.1, 0.15) is 42.8 Å². The summed E-state index contributed by atoms with van der Waals surface area (Å²) < 4.78 is 0. The molecule has 1 aromatic rings. The molecule has 0 aromatic carbocycles. The van der Waals surface area contributed by atoms with Gasteiger partial charge in [0.15, 0.2) is 0 Å². The molecule has 0 spiro atoms. The van der Waals surface area contributed by atoms with Gasteiger partial charge in [0.2, 0.25) is 0 Å². The summed E-state index contributed by atoms with van der Waals surface area (Å²) in [6, 6.07) is 0.592. The fourth-order valence-corrected chi connectivity index (χ4v) is 3.61. The number of likely N-dealkylation sites (N-methyl/N-ethyl adjacent to an activating group) is 2. The van der Waals surface area contributed by atoms with Crippen LogP contribution in [-0.2, 0) is 12.8 Å². The molecule has 0 bridgehead atoms. The second-order valence-corrected chi connectivity index (χ2v) is 6.40. The molecule has 2 heterocycles. The van der Waals surface area contributed by atoms with E-state index in [-0.39, 0.29) is 0 Å². The molecule has 3 rings (SSSR count). The van der Waals surface area contributed by atoms with Crippen molar-refractivity contribution in [2.75, 3.05) is 32.1 Å². The molecule has 1 fully saturated rings. The first kappa shape index (κ1) is 13.8. The van der Waals surface area contributed by atoms with Crippen molar-refractivity contribution in [2.45, 2.75) is 51.5 Å². The highest BCUT2D eigenvalue weighted by atomic mass is 15.2. The summed E-state index contributed by atoms with van der Waals surface area (Å²) in [4.78, 5) is 14.3. The average Bonchev–Trinajstić information content (AvgIpc) is 2.45. The maximum absolute atomic E-state index is 4.78. The molecule has 0 amide bonds. The summed E-state index contributed by atoms with van der Waals surface area (Å²) in [5.74, 6) is 2.13. The minimum Gasteiger partial charge on any atom is -0.355 e. The lowest BCUT2D eigenvalue weighted by Gasteiger charge is -2.37. The highest BCUT2D eigenvalue weighted by Crippen LogP contribution is 2.29. The van der Waals surface area contributed by atoms with Gasteiger partial charge in [-0.15, -0.1) is 0 Å². The number of hydrogen-bond acceptors (Lipinski definition) is 4. The normalized spacial score (nSPS) is 23.4. The predicted octanol–water partition coefficient (Wildman–Crippen LogP) is 2.19. The maximum Gasteiger partial charge on any atom is 0.135 e. The summed E-state index contributed by atoms with van der Waals surface area (Å²) in [7, 11) is 4.45. The molecule has 0 radical (unpaired) electrons. The summed E-state index contributed by atoms with van der Waals surface area (Å²) >= 11 is 0. The number of aromatic nitrogens is 2. The summed E-state index contributed by atoms with van der Waals surface area (Å²) in [5.41, 5.74) is 2.72. The summed E-state index contributed by atoms with van der Waals surface area (Å²) in [6.07, 6.45) is 7.40. The first-order valence-electron chi connectivity index (χ1n) is 7.93. The zero-order chi connectivity index (χ0) is 14.1. The topological polar surface area (TPSA) is 32.3 Å². The molecule has 1 unspecified atom stereocenters. The second-order valence-electron chi connectivity index (χ2n) is 6.40. The van der Waals surface area contributed by atoms with E-state index in [1.807, 2.05) is 6.92 Å². The fraction of sp³-hybridized carbons (Fsp3) is 0.750. The molecule has 4 heteroatoms. The Kier molecular flexibility index (Phi) is 3.92. The number of rotatable bonds is 2. The third kappa shape index (κ3) is 2.66. The lowest BCUT2D eigenvalue weighted by molar-refractivity contribution is 0.247. The van der Waals surface area contributed by atoms with Gasteiger partial charge in [-0.1, -0.05) is 0 Å². The molecule has 110 valence electrons. The lowest BCUT2D eigenvalue weighted by Crippen LogP contribution is -2.45. The van der Waals surface area contributed by atoms with E-state index >= 15 is 0 Å². The van der Waals surface area contributed by atoms with Crippen molar-refractivity contribution >= 4 is 5.82 Å². The molecular formula is C16H26N4. The average molecular weight is 274 g/mol. The molecule has 2 aliphatic rings. The van der Waals surface area contributed by atoms with Crippen molar-refractivity contribution in [1.29, 1.82) is 0 Å². The fourth-order valence-electron chi connectivity index (χ4n) is 3.61. The van der Waals surface area contributed by atoms with Crippen molar-refractivity contribution in [3.05, 3.63) is 17.1 Å².